The number of nitrogens with zero attached hydrogens (tertiary/aromatic N) is 4. The maximum Gasteiger partial charge on any atom is 0.140 e. The lowest BCUT2D eigenvalue weighted by Crippen LogP contribution is -2.40. The van der Waals surface area contributed by atoms with E-state index in [0.29, 0.717) is 10.9 Å². The zero-order valence-electron chi connectivity index (χ0n) is 10.6. The highest BCUT2D eigenvalue weighted by Crippen LogP contribution is 2.28. The van der Waals surface area contributed by atoms with Crippen LogP contribution in [0.2, 0.25) is 0 Å². The quantitative estimate of drug-likeness (QED) is 0.801. The van der Waals surface area contributed by atoms with Crippen molar-refractivity contribution in [2.75, 3.05) is 7.05 Å². The Labute approximate surface area is 112 Å². The van der Waals surface area contributed by atoms with Crippen LogP contribution in [0.3, 0.4) is 0 Å². The lowest BCUT2D eigenvalue weighted by molar-refractivity contribution is 0.186. The highest BCUT2D eigenvalue weighted by atomic mass is 79.9. The number of rotatable bonds is 4. The van der Waals surface area contributed by atoms with E-state index in [1.165, 1.54) is 25.7 Å². The monoisotopic (exact) mass is 300 g/mol. The van der Waals surface area contributed by atoms with Crippen LogP contribution in [-0.2, 0) is 13.1 Å². The van der Waals surface area contributed by atoms with Crippen LogP contribution in [0.4, 0.5) is 0 Å². The van der Waals surface area contributed by atoms with E-state index in [-0.39, 0.29) is 0 Å². The molecular weight excluding hydrogens is 280 g/mol. The summed E-state index contributed by atoms with van der Waals surface area (Å²) in [6.07, 6.45) is 6.92. The predicted molar refractivity (Wildman–Crippen MR) is 72.1 cm³/mol. The van der Waals surface area contributed by atoms with Gasteiger partial charge in [0.1, 0.15) is 12.2 Å². The molecule has 5 heteroatoms. The van der Waals surface area contributed by atoms with Gasteiger partial charge < -0.3 is 0 Å². The first-order valence-electron chi connectivity index (χ1n) is 6.43. The molecule has 0 saturated heterocycles. The van der Waals surface area contributed by atoms with Gasteiger partial charge in [-0.25, -0.2) is 9.67 Å². The first-order chi connectivity index (χ1) is 8.22. The predicted octanol–water partition coefficient (Wildman–Crippen LogP) is 2.44. The molecule has 0 amide bonds. The van der Waals surface area contributed by atoms with E-state index in [2.05, 4.69) is 44.9 Å². The second-order valence-corrected chi connectivity index (χ2v) is 5.95. The van der Waals surface area contributed by atoms with E-state index in [1.807, 2.05) is 4.68 Å². The average molecular weight is 301 g/mol. The van der Waals surface area contributed by atoms with Gasteiger partial charge in [0.2, 0.25) is 0 Å². The molecule has 0 N–H and O–H groups in total. The van der Waals surface area contributed by atoms with E-state index >= 15 is 0 Å². The van der Waals surface area contributed by atoms with Crippen LogP contribution < -0.4 is 0 Å². The molecule has 1 aliphatic rings. The van der Waals surface area contributed by atoms with Gasteiger partial charge in [-0.05, 0) is 26.8 Å². The summed E-state index contributed by atoms with van der Waals surface area (Å²) in [5, 5.41) is 4.22. The number of alkyl halides is 1. The van der Waals surface area contributed by atoms with Crippen molar-refractivity contribution >= 4 is 15.9 Å². The molecule has 2 unspecified atom stereocenters. The zero-order valence-corrected chi connectivity index (χ0v) is 12.2. The van der Waals surface area contributed by atoms with E-state index in [0.717, 1.165) is 18.9 Å². The average Bonchev–Trinajstić information content (AvgIpc) is 2.76. The molecule has 96 valence electrons. The SMILES string of the molecule is CCn1ncnc1CN(C)C1CCCCC1Br. The van der Waals surface area contributed by atoms with Crippen molar-refractivity contribution in [2.45, 2.75) is 56.6 Å². The molecule has 4 nitrogen and oxygen atoms in total. The molecule has 0 bridgehead atoms. The van der Waals surface area contributed by atoms with E-state index in [1.54, 1.807) is 6.33 Å². The minimum absolute atomic E-state index is 0.624. The lowest BCUT2D eigenvalue weighted by Gasteiger charge is -2.34. The van der Waals surface area contributed by atoms with E-state index in [9.17, 15) is 0 Å². The number of halogens is 1. The fourth-order valence-electron chi connectivity index (χ4n) is 2.58. The molecule has 1 heterocycles. The van der Waals surface area contributed by atoms with E-state index < -0.39 is 0 Å². The molecule has 0 radical (unpaired) electrons. The number of hydrogen-bond donors (Lipinski definition) is 0. The van der Waals surface area contributed by atoms with Crippen LogP contribution in [0.25, 0.3) is 0 Å². The van der Waals surface area contributed by atoms with Crippen molar-refractivity contribution in [3.05, 3.63) is 12.2 Å². The number of aromatic nitrogens is 3. The van der Waals surface area contributed by atoms with E-state index in [4.69, 9.17) is 0 Å². The molecule has 0 aliphatic heterocycles. The van der Waals surface area contributed by atoms with Crippen molar-refractivity contribution in [1.29, 1.82) is 0 Å². The van der Waals surface area contributed by atoms with Gasteiger partial charge >= 0.3 is 0 Å². The minimum Gasteiger partial charge on any atom is -0.295 e. The van der Waals surface area contributed by atoms with Crippen LogP contribution in [0.1, 0.15) is 38.4 Å². The molecule has 1 saturated carbocycles. The molecule has 1 fully saturated rings. The standard InChI is InChI=1S/C12H21BrN4/c1-3-17-12(14-9-15-17)8-16(2)11-7-5-4-6-10(11)13/h9-11H,3-8H2,1-2H3. The molecule has 2 rings (SSSR count). The molecule has 1 aromatic rings. The van der Waals surface area contributed by atoms with Gasteiger partial charge in [0.25, 0.3) is 0 Å². The molecule has 17 heavy (non-hydrogen) atoms. The van der Waals surface area contributed by atoms with Crippen LogP contribution in [0.15, 0.2) is 6.33 Å². The Morgan fingerprint density at radius 1 is 1.47 bits per heavy atom. The van der Waals surface area contributed by atoms with Crippen molar-refractivity contribution < 1.29 is 0 Å². The van der Waals surface area contributed by atoms with Gasteiger partial charge in [0, 0.05) is 17.4 Å². The molecule has 2 atom stereocenters. The van der Waals surface area contributed by atoms with Crippen LogP contribution >= 0.6 is 15.9 Å². The third-order valence-corrected chi connectivity index (χ3v) is 4.67. The molecule has 1 aliphatic carbocycles. The Bertz CT molecular complexity index is 352. The maximum absolute atomic E-state index is 4.34. The first kappa shape index (κ1) is 13.0. The number of hydrogen-bond acceptors (Lipinski definition) is 3. The Kier molecular flexibility index (Phi) is 4.56. The topological polar surface area (TPSA) is 34.0 Å². The molecule has 0 aromatic carbocycles. The summed E-state index contributed by atoms with van der Waals surface area (Å²) in [6.45, 7) is 3.89. The zero-order chi connectivity index (χ0) is 12.3. The fourth-order valence-corrected chi connectivity index (χ4v) is 3.57. The third kappa shape index (κ3) is 3.07. The Hall–Kier alpha value is -0.420. The van der Waals surface area contributed by atoms with Crippen LogP contribution in [0, 0.1) is 0 Å². The summed E-state index contributed by atoms with van der Waals surface area (Å²) in [7, 11) is 2.19. The summed E-state index contributed by atoms with van der Waals surface area (Å²) < 4.78 is 1.97. The summed E-state index contributed by atoms with van der Waals surface area (Å²) in [6, 6.07) is 0.630. The summed E-state index contributed by atoms with van der Waals surface area (Å²) in [5.74, 6) is 1.07. The van der Waals surface area contributed by atoms with Gasteiger partial charge in [-0.15, -0.1) is 0 Å². The largest absolute Gasteiger partial charge is 0.295 e. The van der Waals surface area contributed by atoms with Gasteiger partial charge in [-0.2, -0.15) is 5.10 Å². The van der Waals surface area contributed by atoms with Crippen LogP contribution in [0.5, 0.6) is 0 Å². The Morgan fingerprint density at radius 3 is 2.94 bits per heavy atom. The summed E-state index contributed by atoms with van der Waals surface area (Å²) in [5.41, 5.74) is 0. The van der Waals surface area contributed by atoms with Crippen LogP contribution in [-0.4, -0.2) is 37.6 Å². The molecule has 1 aromatic heterocycles. The Balaban J connectivity index is 1.98. The second-order valence-electron chi connectivity index (χ2n) is 4.77. The third-order valence-electron chi connectivity index (χ3n) is 3.60. The van der Waals surface area contributed by atoms with Gasteiger partial charge in [-0.1, -0.05) is 28.8 Å². The minimum atomic E-state index is 0.624. The van der Waals surface area contributed by atoms with Crippen molar-refractivity contribution in [3.63, 3.8) is 0 Å². The molecular formula is C12H21BrN4. The summed E-state index contributed by atoms with van der Waals surface area (Å²) >= 11 is 3.81. The summed E-state index contributed by atoms with van der Waals surface area (Å²) in [4.78, 5) is 7.38. The van der Waals surface area contributed by atoms with Gasteiger partial charge in [0.15, 0.2) is 0 Å². The highest BCUT2D eigenvalue weighted by Gasteiger charge is 2.26. The number of aryl methyl sites for hydroxylation is 1. The normalized spacial score (nSPS) is 25.4. The van der Waals surface area contributed by atoms with Crippen molar-refractivity contribution in [1.82, 2.24) is 19.7 Å². The Morgan fingerprint density at radius 2 is 2.24 bits per heavy atom. The van der Waals surface area contributed by atoms with Gasteiger partial charge in [-0.3, -0.25) is 4.90 Å². The smallest absolute Gasteiger partial charge is 0.140 e. The lowest BCUT2D eigenvalue weighted by atomic mass is 9.94. The fraction of sp³-hybridized carbons (Fsp3) is 0.833. The van der Waals surface area contributed by atoms with Crippen molar-refractivity contribution in [3.8, 4) is 0 Å². The molecule has 0 spiro atoms. The highest BCUT2D eigenvalue weighted by molar-refractivity contribution is 9.09. The maximum atomic E-state index is 4.34. The van der Waals surface area contributed by atoms with Gasteiger partial charge in [0.05, 0.1) is 6.54 Å². The second kappa shape index (κ2) is 5.96. The van der Waals surface area contributed by atoms with Crippen molar-refractivity contribution in [2.24, 2.45) is 0 Å². The first-order valence-corrected chi connectivity index (χ1v) is 7.35.